The van der Waals surface area contributed by atoms with Crippen LogP contribution in [0.1, 0.15) is 49.3 Å². The number of rotatable bonds is 9. The Balaban J connectivity index is 0.000000176. The summed E-state index contributed by atoms with van der Waals surface area (Å²) in [7, 11) is 4.35. The molecule has 0 saturated heterocycles. The largest absolute Gasteiger partial charge is 0.488 e. The predicted molar refractivity (Wildman–Crippen MR) is 274 cm³/mol. The molecule has 9 rings (SSSR count). The van der Waals surface area contributed by atoms with E-state index in [0.29, 0.717) is 52.1 Å². The van der Waals surface area contributed by atoms with Gasteiger partial charge >= 0.3 is 31.6 Å². The molecule has 406 valence electrons. The molecule has 0 saturated carbocycles. The zero-order valence-corrected chi connectivity index (χ0v) is 44.1. The highest BCUT2D eigenvalue weighted by atomic mass is 79.9. The number of ether oxygens (including phenoxy) is 1. The number of hydrogen-bond donors (Lipinski definition) is 3. The molecule has 0 spiro atoms. The molecule has 3 heterocycles. The molecule has 0 aliphatic rings. The van der Waals surface area contributed by atoms with Crippen molar-refractivity contribution >= 4 is 56.1 Å². The number of nitrogen functional groups attached to an aromatic ring is 1. The average molecular weight is 1220 g/mol. The first-order valence-electron chi connectivity index (χ1n) is 22.3. The number of aromatic nitrogens is 12. The normalized spacial score (nSPS) is 11.3. The number of nitrogens with two attached hydrogens (primary N) is 1. The van der Waals surface area contributed by atoms with Crippen LogP contribution in [0.2, 0.25) is 0 Å². The zero-order chi connectivity index (χ0) is 57.1. The molecule has 78 heavy (non-hydrogen) atoms. The van der Waals surface area contributed by atoms with E-state index in [1.165, 1.54) is 39.7 Å². The maximum absolute atomic E-state index is 13.0. The number of hydrogen-bond acceptors (Lipinski definition) is 14. The van der Waals surface area contributed by atoms with Crippen LogP contribution < -0.4 is 11.2 Å². The molecule has 0 aliphatic heterocycles. The first-order chi connectivity index (χ1) is 36.7. The van der Waals surface area contributed by atoms with Gasteiger partial charge in [-0.15, -0.1) is 30.6 Å². The maximum Gasteiger partial charge on any atom is 0.488 e. The van der Waals surface area contributed by atoms with Gasteiger partial charge in [-0.25, -0.2) is 4.79 Å². The van der Waals surface area contributed by atoms with E-state index in [1.54, 1.807) is 57.5 Å². The third kappa shape index (κ3) is 16.6. The molecule has 3 aromatic heterocycles. The van der Waals surface area contributed by atoms with Crippen LogP contribution in [-0.4, -0.2) is 90.9 Å². The summed E-state index contributed by atoms with van der Waals surface area (Å²) in [6.45, 7) is 0. The SMILES string of the molecule is COC(=O)c1ccc(Cc2cccc(C(F)(F)F)c2)c(-c2nnn(C)n2)c1.Cn1nnc(-c2cc(Br)ccc2Cc2cccc(C(F)(F)F)c2)n1.Cn1nnc(-c2cc(Br)ccc2N)n1.OB(O)c1cccc(C(F)(F)F)c1. The van der Waals surface area contributed by atoms with E-state index < -0.39 is 48.3 Å². The first-order valence-corrected chi connectivity index (χ1v) is 23.9. The fraction of sp³-hybridized carbons (Fsp3) is 0.184. The molecule has 0 bridgehead atoms. The lowest BCUT2D eigenvalue weighted by atomic mass is 9.79. The smallest absolute Gasteiger partial charge is 0.465 e. The van der Waals surface area contributed by atoms with E-state index in [-0.39, 0.29) is 23.3 Å². The molecule has 0 fully saturated rings. The van der Waals surface area contributed by atoms with Crippen molar-refractivity contribution in [3.8, 4) is 34.2 Å². The third-order valence-electron chi connectivity index (χ3n) is 10.7. The third-order valence-corrected chi connectivity index (χ3v) is 11.7. The highest BCUT2D eigenvalue weighted by Gasteiger charge is 2.33. The Morgan fingerprint density at radius 2 is 0.949 bits per heavy atom. The first kappa shape index (κ1) is 59.4. The Kier molecular flexibility index (Phi) is 19.4. The quantitative estimate of drug-likeness (QED) is 0.0531. The lowest BCUT2D eigenvalue weighted by Crippen LogP contribution is -2.30. The van der Waals surface area contributed by atoms with Crippen LogP contribution in [0.5, 0.6) is 0 Å². The Morgan fingerprint density at radius 3 is 1.37 bits per heavy atom. The number of benzene rings is 6. The van der Waals surface area contributed by atoms with E-state index in [2.05, 4.69) is 78.1 Å². The summed E-state index contributed by atoms with van der Waals surface area (Å²) in [4.78, 5) is 15.8. The van der Waals surface area contributed by atoms with Crippen LogP contribution in [0.25, 0.3) is 34.2 Å². The summed E-state index contributed by atoms with van der Waals surface area (Å²) >= 11 is 6.75. The Bertz CT molecular complexity index is 3500. The van der Waals surface area contributed by atoms with Crippen molar-refractivity contribution in [2.75, 3.05) is 12.8 Å². The van der Waals surface area contributed by atoms with Gasteiger partial charge in [0.25, 0.3) is 0 Å². The van der Waals surface area contributed by atoms with Crippen molar-refractivity contribution in [2.24, 2.45) is 21.1 Å². The van der Waals surface area contributed by atoms with Crippen LogP contribution in [0.3, 0.4) is 0 Å². The number of esters is 1. The van der Waals surface area contributed by atoms with E-state index >= 15 is 0 Å². The molecule has 0 amide bonds. The molecule has 9 aromatic rings. The summed E-state index contributed by atoms with van der Waals surface area (Å²) in [6.07, 6.45) is -12.7. The Morgan fingerprint density at radius 1 is 0.551 bits per heavy atom. The summed E-state index contributed by atoms with van der Waals surface area (Å²) in [5, 5.41) is 52.7. The van der Waals surface area contributed by atoms with Crippen LogP contribution in [0.15, 0.2) is 136 Å². The maximum atomic E-state index is 13.0. The van der Waals surface area contributed by atoms with E-state index in [4.69, 9.17) is 20.5 Å². The zero-order valence-electron chi connectivity index (χ0n) is 40.9. The molecule has 17 nitrogen and oxygen atoms in total. The van der Waals surface area contributed by atoms with Crippen LogP contribution >= 0.6 is 31.9 Å². The highest BCUT2D eigenvalue weighted by Crippen LogP contribution is 2.34. The molecule has 0 atom stereocenters. The van der Waals surface area contributed by atoms with Crippen LogP contribution in [0.4, 0.5) is 45.2 Å². The minimum absolute atomic E-state index is 0.171. The molecule has 0 aliphatic carbocycles. The second-order valence-corrected chi connectivity index (χ2v) is 18.3. The van der Waals surface area contributed by atoms with Crippen molar-refractivity contribution in [3.05, 3.63) is 181 Å². The number of halogens is 11. The topological polar surface area (TPSA) is 224 Å². The fourth-order valence-corrected chi connectivity index (χ4v) is 7.75. The van der Waals surface area contributed by atoms with Crippen molar-refractivity contribution in [1.82, 2.24) is 60.6 Å². The lowest BCUT2D eigenvalue weighted by Gasteiger charge is -2.11. The number of aryl methyl sites for hydroxylation is 3. The van der Waals surface area contributed by atoms with Crippen LogP contribution in [0, 0.1) is 0 Å². The van der Waals surface area contributed by atoms with Gasteiger partial charge in [-0.1, -0.05) is 105 Å². The van der Waals surface area contributed by atoms with Gasteiger partial charge in [0.15, 0.2) is 0 Å². The number of carbonyl (C=O) groups is 1. The molecule has 0 radical (unpaired) electrons. The number of nitrogens with zero attached hydrogens (tertiary/aromatic N) is 12. The van der Waals surface area contributed by atoms with Gasteiger partial charge in [-0.2, -0.15) is 53.9 Å². The molecule has 0 unspecified atom stereocenters. The van der Waals surface area contributed by atoms with Gasteiger partial charge in [0, 0.05) is 31.3 Å². The van der Waals surface area contributed by atoms with Gasteiger partial charge in [0.1, 0.15) is 0 Å². The Labute approximate surface area is 454 Å². The molecule has 6 aromatic carbocycles. The second-order valence-electron chi connectivity index (χ2n) is 16.5. The number of anilines is 1. The number of carbonyl (C=O) groups excluding carboxylic acids is 1. The van der Waals surface area contributed by atoms with Gasteiger partial charge in [-0.3, -0.25) is 0 Å². The van der Waals surface area contributed by atoms with Crippen molar-refractivity contribution in [2.45, 2.75) is 31.4 Å². The lowest BCUT2D eigenvalue weighted by molar-refractivity contribution is -0.138. The molecule has 4 N–H and O–H groups in total. The fourth-order valence-electron chi connectivity index (χ4n) is 7.02. The number of alkyl halides is 9. The standard InChI is InChI=1S/C18H15F3N4O2.C16H12BrF3N4.C8H8BrN5.C7H6BF3O2/c1-25-23-16(22-24-25)15-10-13(17(26)27-2)7-6-12(15)8-11-4-3-5-14(9-11)18(19,20)21;1-24-22-15(21-23-24)14-9-13(17)6-5-11(14)7-10-3-2-4-12(8-10)16(18,19)20;1-14-12-8(11-13-14)6-4-5(9)2-3-7(6)10;9-7(10,11)5-2-1-3-6(4-5)8(12)13/h3-7,9-10H,8H2,1-2H3;2-6,8-9H,7H2,1H3;2-4H,10H2,1H3;1-4,12-13H. The Hall–Kier alpha value is -7.89. The number of methoxy groups -OCH3 is 1. The van der Waals surface area contributed by atoms with Crippen molar-refractivity contribution < 1.29 is 59.1 Å². The molecule has 29 heteroatoms. The summed E-state index contributed by atoms with van der Waals surface area (Å²) in [6, 6.07) is 30.1. The summed E-state index contributed by atoms with van der Waals surface area (Å²) < 4.78 is 120. The minimum Gasteiger partial charge on any atom is -0.465 e. The minimum atomic E-state index is -4.45. The van der Waals surface area contributed by atoms with Gasteiger partial charge in [0.2, 0.25) is 17.5 Å². The van der Waals surface area contributed by atoms with E-state index in [0.717, 1.165) is 62.0 Å². The monoisotopic (exact) mass is 1220 g/mol. The predicted octanol–water partition coefficient (Wildman–Crippen LogP) is 9.13. The van der Waals surface area contributed by atoms with E-state index in [9.17, 15) is 44.3 Å². The van der Waals surface area contributed by atoms with Gasteiger partial charge in [0.05, 0.1) is 50.5 Å². The van der Waals surface area contributed by atoms with Gasteiger partial charge in [-0.05, 0) is 111 Å². The summed E-state index contributed by atoms with van der Waals surface area (Å²) in [5.41, 5.74) is 8.83. The second kappa shape index (κ2) is 25.5. The van der Waals surface area contributed by atoms with E-state index in [1.807, 2.05) is 30.3 Å². The average Bonchev–Trinajstić information content (AvgIpc) is 4.18. The highest BCUT2D eigenvalue weighted by molar-refractivity contribution is 9.10. The van der Waals surface area contributed by atoms with Crippen LogP contribution in [-0.2, 0) is 57.3 Å². The van der Waals surface area contributed by atoms with Gasteiger partial charge < -0.3 is 20.5 Å². The van der Waals surface area contributed by atoms with Crippen molar-refractivity contribution in [1.29, 1.82) is 0 Å². The molecular formula is C49H41BBr2F9N13O4. The summed E-state index contributed by atoms with van der Waals surface area (Å²) in [5.74, 6) is 0.697. The molecular weight excluding hydrogens is 1180 g/mol. The number of tetrazole rings is 3. The van der Waals surface area contributed by atoms with Crippen molar-refractivity contribution in [3.63, 3.8) is 0 Å².